The number of amides is 3. The number of hydrogen-bond acceptors (Lipinski definition) is 5. The van der Waals surface area contributed by atoms with Crippen molar-refractivity contribution in [1.29, 1.82) is 0 Å². The number of halogens is 1. The minimum atomic E-state index is -0.530. The highest BCUT2D eigenvalue weighted by Crippen LogP contribution is 2.27. The number of aromatic nitrogens is 1. The molecule has 0 fully saturated rings. The van der Waals surface area contributed by atoms with Crippen molar-refractivity contribution >= 4 is 17.6 Å². The molecule has 2 heterocycles. The Morgan fingerprint density at radius 2 is 2.08 bits per heavy atom. The number of carbonyl (C=O) groups is 2. The Balaban J connectivity index is 1.88. The Kier molecular flexibility index (Phi) is 9.48. The third kappa shape index (κ3) is 7.20. The normalized spacial score (nSPS) is 18.1. The lowest BCUT2D eigenvalue weighted by atomic mass is 10.00. The fourth-order valence-corrected chi connectivity index (χ4v) is 3.87. The molecule has 198 valence electrons. The fraction of sp³-hybridized carbons (Fsp3) is 0.464. The number of likely N-dealkylation sites (N-methyl/N-ethyl adjacent to an activating group) is 1. The first-order valence-electron chi connectivity index (χ1n) is 12.4. The van der Waals surface area contributed by atoms with Gasteiger partial charge in [-0.2, -0.15) is 0 Å². The van der Waals surface area contributed by atoms with E-state index >= 15 is 0 Å². The number of pyridine rings is 1. The van der Waals surface area contributed by atoms with Crippen LogP contribution in [-0.4, -0.2) is 70.7 Å². The third-order valence-corrected chi connectivity index (χ3v) is 6.18. The molecule has 8 nitrogen and oxygen atoms in total. The molecule has 3 amide bonds. The van der Waals surface area contributed by atoms with E-state index in [-0.39, 0.29) is 42.1 Å². The fourth-order valence-electron chi connectivity index (χ4n) is 3.87. The highest BCUT2D eigenvalue weighted by Gasteiger charge is 2.34. The Hall–Kier alpha value is -3.64. The molecule has 2 aromatic rings. The van der Waals surface area contributed by atoms with Crippen LogP contribution < -0.4 is 10.1 Å². The Morgan fingerprint density at radius 1 is 1.35 bits per heavy atom. The van der Waals surface area contributed by atoms with E-state index in [2.05, 4.69) is 36.0 Å². The summed E-state index contributed by atoms with van der Waals surface area (Å²) in [5.41, 5.74) is 0.934. The van der Waals surface area contributed by atoms with Gasteiger partial charge >= 0.3 is 6.03 Å². The van der Waals surface area contributed by atoms with E-state index in [9.17, 15) is 19.1 Å². The second kappa shape index (κ2) is 12.5. The Labute approximate surface area is 217 Å². The maximum absolute atomic E-state index is 14.0. The van der Waals surface area contributed by atoms with Crippen molar-refractivity contribution in [2.45, 2.75) is 46.3 Å². The van der Waals surface area contributed by atoms with E-state index < -0.39 is 24.0 Å². The van der Waals surface area contributed by atoms with E-state index in [0.717, 1.165) is 6.42 Å². The van der Waals surface area contributed by atoms with Crippen LogP contribution in [0.3, 0.4) is 0 Å². The van der Waals surface area contributed by atoms with Crippen molar-refractivity contribution in [2.75, 3.05) is 32.1 Å². The highest BCUT2D eigenvalue weighted by molar-refractivity contribution is 5.97. The SMILES string of the molecule is CC(C)CC#Cc1cnc2c(c1)C(=O)N([C@H](C)CO)C[C@H](C)[C@H](CN(C)C(=O)Nc1ccccc1F)O2. The number of rotatable bonds is 6. The second-order valence-corrected chi connectivity index (χ2v) is 9.89. The lowest BCUT2D eigenvalue weighted by Gasteiger charge is -2.37. The zero-order valence-corrected chi connectivity index (χ0v) is 22.0. The summed E-state index contributed by atoms with van der Waals surface area (Å²) in [6.45, 7) is 8.10. The minimum Gasteiger partial charge on any atom is -0.472 e. The van der Waals surface area contributed by atoms with Crippen LogP contribution in [0.2, 0.25) is 0 Å². The number of para-hydroxylation sites is 1. The molecule has 1 aliphatic heterocycles. The zero-order valence-electron chi connectivity index (χ0n) is 22.0. The molecule has 3 atom stereocenters. The van der Waals surface area contributed by atoms with Crippen molar-refractivity contribution in [3.8, 4) is 17.7 Å². The van der Waals surface area contributed by atoms with Gasteiger partial charge in [0.2, 0.25) is 5.88 Å². The minimum absolute atomic E-state index is 0.0812. The topological polar surface area (TPSA) is 95.0 Å². The number of nitrogens with one attached hydrogen (secondary N) is 1. The molecule has 37 heavy (non-hydrogen) atoms. The van der Waals surface area contributed by atoms with E-state index in [1.165, 1.54) is 17.0 Å². The lowest BCUT2D eigenvalue weighted by Crippen LogP contribution is -2.50. The lowest BCUT2D eigenvalue weighted by molar-refractivity contribution is 0.0356. The van der Waals surface area contributed by atoms with E-state index in [1.54, 1.807) is 43.3 Å². The van der Waals surface area contributed by atoms with E-state index in [0.29, 0.717) is 18.0 Å². The van der Waals surface area contributed by atoms with Crippen LogP contribution in [0, 0.1) is 29.5 Å². The summed E-state index contributed by atoms with van der Waals surface area (Å²) in [6, 6.07) is 6.67. The van der Waals surface area contributed by atoms with Gasteiger partial charge in [0.1, 0.15) is 17.5 Å². The molecule has 0 unspecified atom stereocenters. The standard InChI is InChI=1S/C28H35FN4O4/c1-18(2)9-8-10-21-13-22-26(30-14-21)37-25(19(3)15-33(27(22)35)20(4)17-34)16-32(5)28(36)31-24-12-7-6-11-23(24)29/h6-7,11-14,18-20,25,34H,9,15-17H2,1-5H3,(H,31,36)/t19-,20+,25-/m0/s1. The number of aliphatic hydroxyl groups excluding tert-OH is 1. The summed E-state index contributed by atoms with van der Waals surface area (Å²) in [6.07, 6.45) is 1.76. The van der Waals surface area contributed by atoms with Gasteiger partial charge in [0.15, 0.2) is 0 Å². The van der Waals surface area contributed by atoms with Crippen LogP contribution in [0.1, 0.15) is 50.0 Å². The summed E-state index contributed by atoms with van der Waals surface area (Å²) in [5, 5.41) is 12.4. The number of benzene rings is 1. The van der Waals surface area contributed by atoms with Crippen LogP contribution >= 0.6 is 0 Å². The van der Waals surface area contributed by atoms with Crippen molar-refractivity contribution in [1.82, 2.24) is 14.8 Å². The van der Waals surface area contributed by atoms with Crippen LogP contribution in [0.5, 0.6) is 5.88 Å². The number of aliphatic hydroxyl groups is 1. The molecular weight excluding hydrogens is 475 g/mol. The summed E-state index contributed by atoms with van der Waals surface area (Å²) in [5.74, 6) is 5.69. The smallest absolute Gasteiger partial charge is 0.321 e. The Bertz CT molecular complexity index is 1180. The molecule has 0 spiro atoms. The van der Waals surface area contributed by atoms with Gasteiger partial charge < -0.3 is 25.0 Å². The monoisotopic (exact) mass is 510 g/mol. The van der Waals surface area contributed by atoms with Gasteiger partial charge in [0, 0.05) is 37.7 Å². The van der Waals surface area contributed by atoms with Crippen LogP contribution in [0.15, 0.2) is 36.5 Å². The molecule has 0 saturated heterocycles. The van der Waals surface area contributed by atoms with Crippen LogP contribution in [0.4, 0.5) is 14.9 Å². The van der Waals surface area contributed by atoms with E-state index in [1.807, 2.05) is 6.92 Å². The number of carbonyl (C=O) groups excluding carboxylic acids is 2. The van der Waals surface area contributed by atoms with Crippen molar-refractivity contribution in [3.63, 3.8) is 0 Å². The van der Waals surface area contributed by atoms with Crippen LogP contribution in [-0.2, 0) is 0 Å². The predicted molar refractivity (Wildman–Crippen MR) is 140 cm³/mol. The molecule has 0 radical (unpaired) electrons. The average molecular weight is 511 g/mol. The van der Waals surface area contributed by atoms with Gasteiger partial charge in [0.05, 0.1) is 24.9 Å². The van der Waals surface area contributed by atoms with Crippen LogP contribution in [0.25, 0.3) is 0 Å². The molecule has 1 aliphatic rings. The molecule has 0 bridgehead atoms. The van der Waals surface area contributed by atoms with Crippen molar-refractivity contribution < 1.29 is 23.8 Å². The number of ether oxygens (including phenoxy) is 1. The third-order valence-electron chi connectivity index (χ3n) is 6.18. The van der Waals surface area contributed by atoms with Crippen molar-refractivity contribution in [2.24, 2.45) is 11.8 Å². The van der Waals surface area contributed by atoms with Gasteiger partial charge in [0.25, 0.3) is 5.91 Å². The van der Waals surface area contributed by atoms with Gasteiger partial charge in [-0.15, -0.1) is 0 Å². The number of fused-ring (bicyclic) bond motifs is 1. The maximum atomic E-state index is 14.0. The quantitative estimate of drug-likeness (QED) is 0.573. The summed E-state index contributed by atoms with van der Waals surface area (Å²) in [7, 11) is 1.59. The maximum Gasteiger partial charge on any atom is 0.321 e. The van der Waals surface area contributed by atoms with Gasteiger partial charge in [-0.1, -0.05) is 44.7 Å². The van der Waals surface area contributed by atoms with Gasteiger partial charge in [-0.05, 0) is 31.0 Å². The Morgan fingerprint density at radius 3 is 2.76 bits per heavy atom. The number of nitrogens with zero attached hydrogens (tertiary/aromatic N) is 3. The molecule has 1 aromatic carbocycles. The zero-order chi connectivity index (χ0) is 27.1. The molecule has 2 N–H and O–H groups in total. The number of anilines is 1. The first-order valence-corrected chi connectivity index (χ1v) is 12.4. The molecule has 1 aromatic heterocycles. The predicted octanol–water partition coefficient (Wildman–Crippen LogP) is 4.00. The first-order chi connectivity index (χ1) is 17.6. The second-order valence-electron chi connectivity index (χ2n) is 9.89. The average Bonchev–Trinajstić information content (AvgIpc) is 2.87. The first kappa shape index (κ1) is 27.9. The summed E-state index contributed by atoms with van der Waals surface area (Å²) in [4.78, 5) is 33.7. The molecule has 9 heteroatoms. The molecule has 0 saturated carbocycles. The summed E-state index contributed by atoms with van der Waals surface area (Å²) < 4.78 is 20.2. The van der Waals surface area contributed by atoms with Gasteiger partial charge in [-0.3, -0.25) is 4.79 Å². The summed E-state index contributed by atoms with van der Waals surface area (Å²) >= 11 is 0. The van der Waals surface area contributed by atoms with Gasteiger partial charge in [-0.25, -0.2) is 14.2 Å². The highest BCUT2D eigenvalue weighted by atomic mass is 19.1. The molecular formula is C28H35FN4O4. The number of urea groups is 1. The molecule has 0 aliphatic carbocycles. The van der Waals surface area contributed by atoms with E-state index in [4.69, 9.17) is 4.74 Å². The molecule has 3 rings (SSSR count). The van der Waals surface area contributed by atoms with Crippen molar-refractivity contribution in [3.05, 3.63) is 53.5 Å². The number of hydrogen-bond donors (Lipinski definition) is 2. The largest absolute Gasteiger partial charge is 0.472 e.